The smallest absolute Gasteiger partial charge is 0.353 e. The maximum absolute atomic E-state index is 12.1. The Morgan fingerprint density at radius 1 is 1.04 bits per heavy atom. The Hall–Kier alpha value is -3.65. The van der Waals surface area contributed by atoms with Gasteiger partial charge in [-0.15, -0.1) is 0 Å². The molecule has 0 aliphatic heterocycles. The number of nitrogens with one attached hydrogen (secondary N) is 1. The van der Waals surface area contributed by atoms with Gasteiger partial charge in [0.25, 0.3) is 5.91 Å². The van der Waals surface area contributed by atoms with E-state index in [0.717, 1.165) is 11.1 Å². The Morgan fingerprint density at radius 2 is 1.70 bits per heavy atom. The second-order valence-electron chi connectivity index (χ2n) is 5.76. The molecule has 3 rings (SSSR count). The lowest BCUT2D eigenvalue weighted by Gasteiger charge is -2.08. The fourth-order valence-corrected chi connectivity index (χ4v) is 2.61. The largest absolute Gasteiger partial charge is 0.506 e. The van der Waals surface area contributed by atoms with Gasteiger partial charge in [-0.05, 0) is 28.8 Å². The number of aliphatic carboxylic acids is 1. The molecule has 0 saturated carbocycles. The summed E-state index contributed by atoms with van der Waals surface area (Å²) in [4.78, 5) is 34.6. The topological polar surface area (TPSA) is 137 Å². The van der Waals surface area contributed by atoms with E-state index in [1.54, 1.807) is 36.4 Å². The van der Waals surface area contributed by atoms with E-state index in [-0.39, 0.29) is 17.6 Å². The highest BCUT2D eigenvalue weighted by atomic mass is 16.4. The second-order valence-corrected chi connectivity index (χ2v) is 5.76. The number of aliphatic hydroxyl groups excluding tert-OH is 1. The molecule has 27 heavy (non-hydrogen) atoms. The molecule has 0 aliphatic carbocycles. The number of carboxylic acid groups (broad SMARTS) is 1. The monoisotopic (exact) mass is 369 g/mol. The van der Waals surface area contributed by atoms with Crippen molar-refractivity contribution >= 4 is 22.8 Å². The lowest BCUT2D eigenvalue weighted by Crippen LogP contribution is -2.32. The van der Waals surface area contributed by atoms with Gasteiger partial charge in [0.05, 0.1) is 12.0 Å². The molecule has 0 unspecified atom stereocenters. The molecule has 0 radical (unpaired) electrons. The zero-order valence-electron chi connectivity index (χ0n) is 13.9. The number of hydrogen-bond acceptors (Lipinski definition) is 6. The first-order valence-corrected chi connectivity index (χ1v) is 7.90. The molecule has 0 saturated heterocycles. The quantitative estimate of drug-likeness (QED) is 0.500. The van der Waals surface area contributed by atoms with E-state index in [1.807, 2.05) is 5.32 Å². The van der Waals surface area contributed by atoms with Gasteiger partial charge < -0.3 is 25.1 Å². The van der Waals surface area contributed by atoms with Crippen LogP contribution in [-0.4, -0.2) is 33.7 Å². The maximum Gasteiger partial charge on any atom is 0.353 e. The van der Waals surface area contributed by atoms with E-state index in [1.165, 1.54) is 6.07 Å². The number of carboxylic acids is 1. The van der Waals surface area contributed by atoms with Crippen LogP contribution < -0.4 is 10.9 Å². The van der Waals surface area contributed by atoms with Crippen LogP contribution in [0.25, 0.3) is 22.1 Å². The van der Waals surface area contributed by atoms with Gasteiger partial charge in [-0.3, -0.25) is 9.59 Å². The van der Waals surface area contributed by atoms with Crippen LogP contribution in [0.5, 0.6) is 5.75 Å². The highest BCUT2D eigenvalue weighted by Gasteiger charge is 2.21. The minimum Gasteiger partial charge on any atom is -0.506 e. The van der Waals surface area contributed by atoms with Crippen molar-refractivity contribution in [3.8, 4) is 16.9 Å². The Bertz CT molecular complexity index is 1080. The molecule has 1 heterocycles. The zero-order valence-corrected chi connectivity index (χ0v) is 13.9. The molecule has 0 atom stereocenters. The van der Waals surface area contributed by atoms with E-state index in [0.29, 0.717) is 5.56 Å². The number of hydrogen-bond donors (Lipinski definition) is 4. The van der Waals surface area contributed by atoms with E-state index in [4.69, 9.17) is 14.6 Å². The minimum atomic E-state index is -1.29. The van der Waals surface area contributed by atoms with Gasteiger partial charge in [0, 0.05) is 0 Å². The van der Waals surface area contributed by atoms with Crippen LogP contribution in [0.1, 0.15) is 15.9 Å². The van der Waals surface area contributed by atoms with Crippen molar-refractivity contribution in [3.05, 3.63) is 64.0 Å². The molecule has 0 bridgehead atoms. The molecule has 0 fully saturated rings. The Kier molecular flexibility index (Phi) is 4.91. The molecule has 0 spiro atoms. The predicted octanol–water partition coefficient (Wildman–Crippen LogP) is 1.47. The van der Waals surface area contributed by atoms with Gasteiger partial charge in [0.15, 0.2) is 5.56 Å². The molecule has 138 valence electrons. The third-order valence-electron chi connectivity index (χ3n) is 3.98. The molecule has 1 amide bonds. The standard InChI is InChI=1S/C19H15NO7/c21-9-10-1-3-11(4-2-10)12-5-6-13-14(7-12)27-19(26)16(17(13)24)18(25)20-8-15(22)23/h1-7,21,24H,8-9H2,(H,20,25)(H,22,23). The number of carbonyl (C=O) groups is 2. The highest BCUT2D eigenvalue weighted by molar-refractivity contribution is 6.02. The zero-order chi connectivity index (χ0) is 19.6. The van der Waals surface area contributed by atoms with Crippen LogP contribution in [0.2, 0.25) is 0 Å². The van der Waals surface area contributed by atoms with Gasteiger partial charge in [-0.1, -0.05) is 30.3 Å². The first-order valence-electron chi connectivity index (χ1n) is 7.90. The Balaban J connectivity index is 2.03. The summed E-state index contributed by atoms with van der Waals surface area (Å²) in [5, 5.41) is 30.2. The summed E-state index contributed by atoms with van der Waals surface area (Å²) in [6.07, 6.45) is 0. The summed E-state index contributed by atoms with van der Waals surface area (Å²) in [7, 11) is 0. The molecule has 3 aromatic rings. The van der Waals surface area contributed by atoms with Crippen molar-refractivity contribution in [2.45, 2.75) is 6.61 Å². The van der Waals surface area contributed by atoms with Crippen LogP contribution in [0.4, 0.5) is 0 Å². The number of aliphatic hydroxyl groups is 1. The molecular formula is C19H15NO7. The van der Waals surface area contributed by atoms with Gasteiger partial charge >= 0.3 is 11.6 Å². The lowest BCUT2D eigenvalue weighted by molar-refractivity contribution is -0.135. The van der Waals surface area contributed by atoms with Crippen molar-refractivity contribution in [1.29, 1.82) is 0 Å². The number of amides is 1. The fraction of sp³-hybridized carbons (Fsp3) is 0.105. The summed E-state index contributed by atoms with van der Waals surface area (Å²) < 4.78 is 5.14. The number of rotatable bonds is 5. The van der Waals surface area contributed by atoms with E-state index >= 15 is 0 Å². The average Bonchev–Trinajstić information content (AvgIpc) is 2.66. The Morgan fingerprint density at radius 3 is 2.33 bits per heavy atom. The second kappa shape index (κ2) is 7.30. The number of carbonyl (C=O) groups excluding carboxylic acids is 1. The molecule has 0 aliphatic rings. The molecular weight excluding hydrogens is 354 g/mol. The summed E-state index contributed by atoms with van der Waals surface area (Å²) in [5.41, 5.74) is 0.619. The van der Waals surface area contributed by atoms with Gasteiger partial charge in [0.2, 0.25) is 0 Å². The third-order valence-corrected chi connectivity index (χ3v) is 3.98. The van der Waals surface area contributed by atoms with Crippen molar-refractivity contribution in [2.24, 2.45) is 0 Å². The van der Waals surface area contributed by atoms with Gasteiger partial charge in [-0.25, -0.2) is 4.79 Å². The van der Waals surface area contributed by atoms with E-state index in [2.05, 4.69) is 0 Å². The minimum absolute atomic E-state index is 0.0759. The number of benzene rings is 2. The first kappa shape index (κ1) is 18.2. The SMILES string of the molecule is O=C(O)CNC(=O)c1c(O)c2ccc(-c3ccc(CO)cc3)cc2oc1=O. The molecule has 4 N–H and O–H groups in total. The van der Waals surface area contributed by atoms with Crippen molar-refractivity contribution < 1.29 is 29.3 Å². The van der Waals surface area contributed by atoms with Crippen molar-refractivity contribution in [3.63, 3.8) is 0 Å². The molecule has 8 heteroatoms. The summed E-state index contributed by atoms with van der Waals surface area (Å²) in [5.74, 6) is -2.90. The number of fused-ring (bicyclic) bond motifs is 1. The normalized spacial score (nSPS) is 10.7. The average molecular weight is 369 g/mol. The van der Waals surface area contributed by atoms with Crippen LogP contribution in [0, 0.1) is 0 Å². The van der Waals surface area contributed by atoms with Crippen molar-refractivity contribution in [1.82, 2.24) is 5.32 Å². The predicted molar refractivity (Wildman–Crippen MR) is 95.5 cm³/mol. The highest BCUT2D eigenvalue weighted by Crippen LogP contribution is 2.30. The summed E-state index contributed by atoms with van der Waals surface area (Å²) >= 11 is 0. The fourth-order valence-electron chi connectivity index (χ4n) is 2.61. The van der Waals surface area contributed by atoms with Crippen LogP contribution in [-0.2, 0) is 11.4 Å². The van der Waals surface area contributed by atoms with Gasteiger partial charge in [-0.2, -0.15) is 0 Å². The van der Waals surface area contributed by atoms with E-state index < -0.39 is 35.4 Å². The summed E-state index contributed by atoms with van der Waals surface area (Å²) in [6.45, 7) is -0.772. The summed E-state index contributed by atoms with van der Waals surface area (Å²) in [6, 6.07) is 11.8. The van der Waals surface area contributed by atoms with Crippen LogP contribution in [0.15, 0.2) is 51.7 Å². The van der Waals surface area contributed by atoms with E-state index in [9.17, 15) is 19.5 Å². The lowest BCUT2D eigenvalue weighted by atomic mass is 10.0. The number of aromatic hydroxyl groups is 1. The molecule has 8 nitrogen and oxygen atoms in total. The first-order chi connectivity index (χ1) is 12.9. The van der Waals surface area contributed by atoms with Crippen LogP contribution >= 0.6 is 0 Å². The maximum atomic E-state index is 12.1. The molecule has 2 aromatic carbocycles. The van der Waals surface area contributed by atoms with Crippen molar-refractivity contribution in [2.75, 3.05) is 6.54 Å². The third kappa shape index (κ3) is 3.65. The Labute approximate surface area is 152 Å². The molecule has 1 aromatic heterocycles. The van der Waals surface area contributed by atoms with Gasteiger partial charge in [0.1, 0.15) is 17.9 Å². The van der Waals surface area contributed by atoms with Crippen LogP contribution in [0.3, 0.4) is 0 Å².